The van der Waals surface area contributed by atoms with Crippen molar-refractivity contribution in [2.45, 2.75) is 33.2 Å². The standard InChI is InChI=1S/C11H21N5O2/c1-3-4-9(2)8-18-6-5-16-7-10(14-15-16)11(17)13-12/h7,9H,3-6,8,12H2,1-2H3,(H,13,17). The number of hydrazine groups is 1. The van der Waals surface area contributed by atoms with E-state index in [0.29, 0.717) is 19.1 Å². The van der Waals surface area contributed by atoms with Crippen LogP contribution in [0.4, 0.5) is 0 Å². The minimum absolute atomic E-state index is 0.205. The quantitative estimate of drug-likeness (QED) is 0.302. The number of ether oxygens (including phenoxy) is 1. The van der Waals surface area contributed by atoms with Crippen LogP contribution in [0.2, 0.25) is 0 Å². The van der Waals surface area contributed by atoms with E-state index in [1.807, 2.05) is 5.43 Å². The molecule has 1 aromatic heterocycles. The summed E-state index contributed by atoms with van der Waals surface area (Å²) in [7, 11) is 0. The van der Waals surface area contributed by atoms with E-state index in [2.05, 4.69) is 24.2 Å². The number of rotatable bonds is 8. The first-order valence-electron chi connectivity index (χ1n) is 6.16. The molecule has 1 unspecified atom stereocenters. The van der Waals surface area contributed by atoms with Gasteiger partial charge in [0.15, 0.2) is 5.69 Å². The van der Waals surface area contributed by atoms with Crippen molar-refractivity contribution in [3.8, 4) is 0 Å². The van der Waals surface area contributed by atoms with Crippen LogP contribution in [-0.4, -0.2) is 34.1 Å². The molecule has 0 aliphatic rings. The smallest absolute Gasteiger partial charge is 0.287 e. The fourth-order valence-electron chi connectivity index (χ4n) is 1.60. The lowest BCUT2D eigenvalue weighted by Gasteiger charge is -2.10. The summed E-state index contributed by atoms with van der Waals surface area (Å²) in [5.41, 5.74) is 2.21. The van der Waals surface area contributed by atoms with Crippen LogP contribution in [0.3, 0.4) is 0 Å². The Bertz CT molecular complexity index is 366. The van der Waals surface area contributed by atoms with E-state index >= 15 is 0 Å². The first kappa shape index (κ1) is 14.6. The maximum absolute atomic E-state index is 11.1. The third kappa shape index (κ3) is 4.80. The number of nitrogens with one attached hydrogen (secondary N) is 1. The van der Waals surface area contributed by atoms with E-state index < -0.39 is 5.91 Å². The van der Waals surface area contributed by atoms with Crippen LogP contribution in [0.1, 0.15) is 37.2 Å². The Kier molecular flexibility index (Phi) is 6.31. The van der Waals surface area contributed by atoms with Gasteiger partial charge in [0.1, 0.15) is 0 Å². The molecule has 0 radical (unpaired) electrons. The molecule has 0 aliphatic carbocycles. The van der Waals surface area contributed by atoms with E-state index in [1.54, 1.807) is 10.9 Å². The number of nitrogen functional groups attached to an aromatic ring is 1. The molecule has 3 N–H and O–H groups in total. The Morgan fingerprint density at radius 1 is 1.67 bits per heavy atom. The molecule has 1 atom stereocenters. The van der Waals surface area contributed by atoms with E-state index in [0.717, 1.165) is 6.61 Å². The Morgan fingerprint density at radius 3 is 3.11 bits per heavy atom. The third-order valence-corrected chi connectivity index (χ3v) is 2.55. The van der Waals surface area contributed by atoms with Crippen LogP contribution in [-0.2, 0) is 11.3 Å². The van der Waals surface area contributed by atoms with Crippen LogP contribution in [0.15, 0.2) is 6.20 Å². The van der Waals surface area contributed by atoms with Gasteiger partial charge in [0.25, 0.3) is 5.91 Å². The van der Waals surface area contributed by atoms with Gasteiger partial charge in [-0.1, -0.05) is 25.5 Å². The highest BCUT2D eigenvalue weighted by Crippen LogP contribution is 2.04. The van der Waals surface area contributed by atoms with Gasteiger partial charge in [0.2, 0.25) is 0 Å². The predicted octanol–water partition coefficient (Wildman–Crippen LogP) is 0.334. The Morgan fingerprint density at radius 2 is 2.44 bits per heavy atom. The van der Waals surface area contributed by atoms with Crippen LogP contribution in [0, 0.1) is 5.92 Å². The molecule has 7 nitrogen and oxygen atoms in total. The van der Waals surface area contributed by atoms with Crippen molar-refractivity contribution in [2.75, 3.05) is 13.2 Å². The molecule has 102 valence electrons. The van der Waals surface area contributed by atoms with E-state index in [-0.39, 0.29) is 5.69 Å². The van der Waals surface area contributed by atoms with Gasteiger partial charge in [-0.05, 0) is 12.3 Å². The second-order valence-corrected chi connectivity index (χ2v) is 4.31. The Labute approximate surface area is 107 Å². The van der Waals surface area contributed by atoms with Gasteiger partial charge in [-0.25, -0.2) is 10.5 Å². The molecule has 1 heterocycles. The van der Waals surface area contributed by atoms with Gasteiger partial charge in [0.05, 0.1) is 19.3 Å². The third-order valence-electron chi connectivity index (χ3n) is 2.55. The second kappa shape index (κ2) is 7.78. The highest BCUT2D eigenvalue weighted by atomic mass is 16.5. The molecule has 1 aromatic rings. The maximum atomic E-state index is 11.1. The van der Waals surface area contributed by atoms with Crippen molar-refractivity contribution in [1.82, 2.24) is 20.4 Å². The van der Waals surface area contributed by atoms with Gasteiger partial charge >= 0.3 is 0 Å². The fraction of sp³-hybridized carbons (Fsp3) is 0.727. The van der Waals surface area contributed by atoms with Crippen molar-refractivity contribution in [1.29, 1.82) is 0 Å². The van der Waals surface area contributed by atoms with Crippen molar-refractivity contribution in [3.63, 3.8) is 0 Å². The lowest BCUT2D eigenvalue weighted by molar-refractivity contribution is 0.0928. The summed E-state index contributed by atoms with van der Waals surface area (Å²) in [5, 5.41) is 7.50. The second-order valence-electron chi connectivity index (χ2n) is 4.31. The van der Waals surface area contributed by atoms with Gasteiger partial charge in [0, 0.05) is 6.61 Å². The maximum Gasteiger partial charge on any atom is 0.287 e. The largest absolute Gasteiger partial charge is 0.379 e. The first-order chi connectivity index (χ1) is 8.67. The summed E-state index contributed by atoms with van der Waals surface area (Å²) in [5.74, 6) is 5.12. The number of carbonyl (C=O) groups excluding carboxylic acids is 1. The van der Waals surface area contributed by atoms with Crippen LogP contribution in [0.5, 0.6) is 0 Å². The number of hydrogen-bond acceptors (Lipinski definition) is 5. The first-order valence-corrected chi connectivity index (χ1v) is 6.16. The Hall–Kier alpha value is -1.47. The van der Waals surface area contributed by atoms with E-state index in [9.17, 15) is 4.79 Å². The summed E-state index contributed by atoms with van der Waals surface area (Å²) < 4.78 is 7.10. The topological polar surface area (TPSA) is 95.1 Å². The summed E-state index contributed by atoms with van der Waals surface area (Å²) >= 11 is 0. The van der Waals surface area contributed by atoms with Crippen molar-refractivity contribution < 1.29 is 9.53 Å². The molecule has 0 aromatic carbocycles. The summed E-state index contributed by atoms with van der Waals surface area (Å²) in [4.78, 5) is 11.1. The molecule has 18 heavy (non-hydrogen) atoms. The molecule has 1 rings (SSSR count). The average Bonchev–Trinajstić information content (AvgIpc) is 2.83. The normalized spacial score (nSPS) is 12.4. The van der Waals surface area contributed by atoms with Gasteiger partial charge in [-0.15, -0.1) is 5.10 Å². The monoisotopic (exact) mass is 255 g/mol. The zero-order valence-corrected chi connectivity index (χ0v) is 10.9. The average molecular weight is 255 g/mol. The zero-order chi connectivity index (χ0) is 13.4. The summed E-state index contributed by atoms with van der Waals surface area (Å²) in [6.07, 6.45) is 3.89. The molecule has 0 aliphatic heterocycles. The molecule has 0 spiro atoms. The molecule has 0 saturated carbocycles. The number of hydrogen-bond donors (Lipinski definition) is 2. The van der Waals surface area contributed by atoms with Gasteiger partial charge in [-0.3, -0.25) is 10.2 Å². The molecule has 0 saturated heterocycles. The van der Waals surface area contributed by atoms with Crippen LogP contribution in [0.25, 0.3) is 0 Å². The predicted molar refractivity (Wildman–Crippen MR) is 66.6 cm³/mol. The minimum atomic E-state index is -0.446. The van der Waals surface area contributed by atoms with Gasteiger partial charge < -0.3 is 4.74 Å². The van der Waals surface area contributed by atoms with Crippen molar-refractivity contribution in [3.05, 3.63) is 11.9 Å². The van der Waals surface area contributed by atoms with Crippen molar-refractivity contribution in [2.24, 2.45) is 11.8 Å². The summed E-state index contributed by atoms with van der Waals surface area (Å²) in [6, 6.07) is 0. The number of nitrogens with two attached hydrogens (primary N) is 1. The van der Waals surface area contributed by atoms with Gasteiger partial charge in [-0.2, -0.15) is 0 Å². The molecule has 0 bridgehead atoms. The zero-order valence-electron chi connectivity index (χ0n) is 10.9. The number of carbonyl (C=O) groups is 1. The highest BCUT2D eigenvalue weighted by Gasteiger charge is 2.08. The van der Waals surface area contributed by atoms with Crippen molar-refractivity contribution >= 4 is 5.91 Å². The fourth-order valence-corrected chi connectivity index (χ4v) is 1.60. The van der Waals surface area contributed by atoms with Crippen LogP contribution >= 0.6 is 0 Å². The molecular weight excluding hydrogens is 234 g/mol. The molecule has 7 heteroatoms. The van der Waals surface area contributed by atoms with E-state index in [1.165, 1.54) is 12.8 Å². The highest BCUT2D eigenvalue weighted by molar-refractivity contribution is 5.91. The lowest BCUT2D eigenvalue weighted by Crippen LogP contribution is -2.30. The lowest BCUT2D eigenvalue weighted by atomic mass is 10.1. The number of amides is 1. The number of nitrogens with zero attached hydrogens (tertiary/aromatic N) is 3. The molecular formula is C11H21N5O2. The van der Waals surface area contributed by atoms with E-state index in [4.69, 9.17) is 10.6 Å². The summed E-state index contributed by atoms with van der Waals surface area (Å²) in [6.45, 7) is 6.21. The molecule has 1 amide bonds. The van der Waals surface area contributed by atoms with Crippen LogP contribution < -0.4 is 11.3 Å². The minimum Gasteiger partial charge on any atom is -0.379 e. The molecule has 0 fully saturated rings. The Balaban J connectivity index is 2.23. The SMILES string of the molecule is CCCC(C)COCCn1cc(C(=O)NN)nn1. The number of aromatic nitrogens is 3.